The summed E-state index contributed by atoms with van der Waals surface area (Å²) < 4.78 is 25.6. The quantitative estimate of drug-likeness (QED) is 0.0313. The van der Waals surface area contributed by atoms with Gasteiger partial charge in [-0.3, -0.25) is 29.8 Å². The molecule has 82 heavy (non-hydrogen) atoms. The van der Waals surface area contributed by atoms with E-state index in [0.717, 1.165) is 90.5 Å². The molecule has 6 aromatic rings. The first-order chi connectivity index (χ1) is 39.6. The van der Waals surface area contributed by atoms with Crippen molar-refractivity contribution in [1.82, 2.24) is 10.6 Å². The van der Waals surface area contributed by atoms with E-state index in [2.05, 4.69) is 10.6 Å². The number of carbonyl (C=O) groups is 5. The molecule has 0 spiro atoms. The number of carboxylic acid groups (broad SMARTS) is 1. The lowest BCUT2D eigenvalue weighted by Crippen LogP contribution is -2.52. The largest absolute Gasteiger partial charge is 0.497 e. The molecule has 2 unspecified atom stereocenters. The van der Waals surface area contributed by atoms with Crippen LogP contribution in [0.3, 0.4) is 0 Å². The number of amides is 2. The first-order valence-electron chi connectivity index (χ1n) is 27.1. The van der Waals surface area contributed by atoms with Crippen LogP contribution in [0.2, 0.25) is 0 Å². The number of fused-ring (bicyclic) bond motifs is 3. The van der Waals surface area contributed by atoms with Crippen molar-refractivity contribution < 1.29 is 62.6 Å². The zero-order valence-electron chi connectivity index (χ0n) is 46.3. The number of nitrogens with zero attached hydrogens (tertiary/aromatic N) is 2. The Morgan fingerprint density at radius 2 is 0.927 bits per heavy atom. The number of benzene rings is 6. The van der Waals surface area contributed by atoms with Gasteiger partial charge in [-0.2, -0.15) is 0 Å². The summed E-state index contributed by atoms with van der Waals surface area (Å²) >= 11 is 0. The molecular formula is C63H68N4O15. The molecule has 9 rings (SSSR count). The van der Waals surface area contributed by atoms with E-state index >= 15 is 0 Å². The molecule has 0 saturated heterocycles. The summed E-state index contributed by atoms with van der Waals surface area (Å²) in [6.45, 7) is 0.116. The van der Waals surface area contributed by atoms with Gasteiger partial charge in [0, 0.05) is 43.0 Å². The molecule has 3 aliphatic carbocycles. The lowest BCUT2D eigenvalue weighted by Gasteiger charge is -2.37. The van der Waals surface area contributed by atoms with Crippen molar-refractivity contribution in [3.05, 3.63) is 199 Å². The van der Waals surface area contributed by atoms with Crippen molar-refractivity contribution in [3.63, 3.8) is 0 Å². The fourth-order valence-corrected chi connectivity index (χ4v) is 11.1. The maximum atomic E-state index is 13.6. The third kappa shape index (κ3) is 14.6. The minimum atomic E-state index is -0.993. The van der Waals surface area contributed by atoms with Gasteiger partial charge in [-0.25, -0.2) is 14.4 Å². The van der Waals surface area contributed by atoms with E-state index in [1.165, 1.54) is 50.6 Å². The number of methoxy groups -OCH3 is 4. The smallest absolute Gasteiger partial charge is 0.407 e. The highest BCUT2D eigenvalue weighted by Crippen LogP contribution is 2.45. The SMILES string of the molecule is COC(=O)C(Cc1ccc([N+](=O)[O-])cc1)NC(=O)C1(c2ccc(OC)cc2)CCCCC1.COC(=O)C(Cc1ccc([N+](=O)[O-])cc1)NC(=O)OCC1c2ccccc2-c2ccccc21.COc1ccc(C2(C(=O)O)CCCCC2)cc1. The van der Waals surface area contributed by atoms with E-state index in [0.29, 0.717) is 29.7 Å². The summed E-state index contributed by atoms with van der Waals surface area (Å²) in [7, 11) is 5.71. The van der Waals surface area contributed by atoms with E-state index < -0.39 is 56.8 Å². The number of alkyl carbamates (subject to hydrolysis) is 1. The number of rotatable bonds is 18. The second kappa shape index (κ2) is 28.3. The summed E-state index contributed by atoms with van der Waals surface area (Å²) in [5.41, 5.74) is 6.04. The van der Waals surface area contributed by atoms with Gasteiger partial charge in [0.15, 0.2) is 0 Å². The Kier molecular flexibility index (Phi) is 20.9. The molecule has 19 nitrogen and oxygen atoms in total. The molecule has 0 aliphatic heterocycles. The Morgan fingerprint density at radius 1 is 0.537 bits per heavy atom. The Hall–Kier alpha value is -9.13. The van der Waals surface area contributed by atoms with Crippen LogP contribution in [0.1, 0.15) is 104 Å². The lowest BCUT2D eigenvalue weighted by molar-refractivity contribution is -0.385. The molecule has 2 fully saturated rings. The van der Waals surface area contributed by atoms with Crippen molar-refractivity contribution in [3.8, 4) is 22.6 Å². The molecule has 2 atom stereocenters. The molecule has 430 valence electrons. The van der Waals surface area contributed by atoms with Gasteiger partial charge in [-0.15, -0.1) is 0 Å². The number of nitro benzene ring substituents is 2. The zero-order chi connectivity index (χ0) is 58.8. The Labute approximate surface area is 475 Å². The molecule has 0 heterocycles. The number of carboxylic acids is 1. The van der Waals surface area contributed by atoms with E-state index in [9.17, 15) is 49.3 Å². The fraction of sp³-hybridized carbons (Fsp3) is 0.349. The average molecular weight is 1120 g/mol. The third-order valence-electron chi connectivity index (χ3n) is 15.6. The molecule has 19 heteroatoms. The van der Waals surface area contributed by atoms with Crippen LogP contribution in [-0.4, -0.2) is 92.0 Å². The summed E-state index contributed by atoms with van der Waals surface area (Å²) in [6.07, 6.45) is 8.46. The zero-order valence-corrected chi connectivity index (χ0v) is 46.3. The monoisotopic (exact) mass is 1120 g/mol. The normalized spacial score (nSPS) is 15.3. The van der Waals surface area contributed by atoms with Crippen molar-refractivity contribution in [2.45, 2.75) is 106 Å². The minimum absolute atomic E-state index is 0.0342. The summed E-state index contributed by atoms with van der Waals surface area (Å²) in [5.74, 6) is -0.716. The van der Waals surface area contributed by atoms with E-state index in [-0.39, 0.29) is 42.6 Å². The van der Waals surface area contributed by atoms with Crippen LogP contribution in [-0.2, 0) is 57.1 Å². The van der Waals surface area contributed by atoms with Gasteiger partial charge in [0.1, 0.15) is 30.2 Å². The second-order valence-electron chi connectivity index (χ2n) is 20.4. The highest BCUT2D eigenvalue weighted by atomic mass is 16.6. The van der Waals surface area contributed by atoms with Crippen LogP contribution < -0.4 is 20.1 Å². The van der Waals surface area contributed by atoms with Crippen LogP contribution in [0, 0.1) is 20.2 Å². The van der Waals surface area contributed by atoms with E-state index in [1.807, 2.05) is 97.1 Å². The topological polar surface area (TPSA) is 262 Å². The van der Waals surface area contributed by atoms with Crippen molar-refractivity contribution in [1.29, 1.82) is 0 Å². The summed E-state index contributed by atoms with van der Waals surface area (Å²) in [6, 6.07) is 40.8. The Morgan fingerprint density at radius 3 is 1.32 bits per heavy atom. The van der Waals surface area contributed by atoms with Crippen LogP contribution in [0.25, 0.3) is 11.1 Å². The number of non-ortho nitro benzene ring substituents is 2. The van der Waals surface area contributed by atoms with Gasteiger partial charge in [0.05, 0.1) is 49.1 Å². The second-order valence-corrected chi connectivity index (χ2v) is 20.4. The van der Waals surface area contributed by atoms with Crippen LogP contribution in [0.15, 0.2) is 146 Å². The van der Waals surface area contributed by atoms with Gasteiger partial charge >= 0.3 is 24.0 Å². The third-order valence-corrected chi connectivity index (χ3v) is 15.6. The van der Waals surface area contributed by atoms with E-state index in [4.69, 9.17) is 23.7 Å². The first kappa shape index (κ1) is 60.5. The molecule has 2 amide bonds. The average Bonchev–Trinajstić information content (AvgIpc) is 4.02. The number of carbonyl (C=O) groups excluding carboxylic acids is 4. The maximum absolute atomic E-state index is 13.6. The van der Waals surface area contributed by atoms with Crippen LogP contribution in [0.5, 0.6) is 11.5 Å². The minimum Gasteiger partial charge on any atom is -0.497 e. The van der Waals surface area contributed by atoms with Gasteiger partial charge in [0.25, 0.3) is 11.4 Å². The maximum Gasteiger partial charge on any atom is 0.407 e. The van der Waals surface area contributed by atoms with Crippen LogP contribution >= 0.6 is 0 Å². The number of nitro groups is 2. The molecular weight excluding hydrogens is 1050 g/mol. The number of hydrogen-bond acceptors (Lipinski definition) is 14. The molecule has 3 aliphatic rings. The Balaban J connectivity index is 0.000000186. The summed E-state index contributed by atoms with van der Waals surface area (Å²) in [5, 5.41) is 36.7. The highest BCUT2D eigenvalue weighted by Gasteiger charge is 2.43. The lowest BCUT2D eigenvalue weighted by atomic mass is 9.68. The van der Waals surface area contributed by atoms with Crippen molar-refractivity contribution >= 4 is 41.3 Å². The number of ether oxygens (including phenoxy) is 5. The van der Waals surface area contributed by atoms with Crippen molar-refractivity contribution in [2.75, 3.05) is 35.0 Å². The molecule has 0 aromatic heterocycles. The predicted octanol–water partition coefficient (Wildman–Crippen LogP) is 10.9. The van der Waals surface area contributed by atoms with Crippen LogP contribution in [0.4, 0.5) is 16.2 Å². The summed E-state index contributed by atoms with van der Waals surface area (Å²) in [4.78, 5) is 83.2. The van der Waals surface area contributed by atoms with Gasteiger partial charge in [-0.1, -0.05) is 136 Å². The highest BCUT2D eigenvalue weighted by molar-refractivity contribution is 5.92. The van der Waals surface area contributed by atoms with Gasteiger partial charge in [-0.05, 0) is 94.5 Å². The Bertz CT molecular complexity index is 3130. The van der Waals surface area contributed by atoms with Gasteiger partial charge in [0.2, 0.25) is 5.91 Å². The number of esters is 2. The number of nitrogens with one attached hydrogen (secondary N) is 2. The van der Waals surface area contributed by atoms with Crippen molar-refractivity contribution in [2.24, 2.45) is 0 Å². The molecule has 3 N–H and O–H groups in total. The fourth-order valence-electron chi connectivity index (χ4n) is 11.1. The number of aliphatic carboxylic acids is 1. The first-order valence-corrected chi connectivity index (χ1v) is 27.1. The van der Waals surface area contributed by atoms with E-state index in [1.54, 1.807) is 26.4 Å². The molecule has 2 saturated carbocycles. The number of hydrogen-bond donors (Lipinski definition) is 3. The van der Waals surface area contributed by atoms with Gasteiger partial charge < -0.3 is 39.4 Å². The molecule has 0 bridgehead atoms. The molecule has 6 aromatic carbocycles. The predicted molar refractivity (Wildman–Crippen MR) is 305 cm³/mol. The standard InChI is InChI=1S/C25H22N2O6.C24H28N2O6.C14H18O3/c1-32-24(28)23(14-16-10-12-17(13-11-16)27(30)31)26-25(29)33-15-22-20-8-4-2-6-18(20)19-7-3-5-9-21(19)22;1-31-20-12-8-18(9-13-20)24(14-4-3-5-15-24)23(28)25-21(22(27)32-2)16-17-6-10-19(11-7-17)26(29)30;1-17-12-7-5-11(6-8-12)14(13(15)16)9-3-2-4-10-14/h2-13,22-23H,14-15H2,1H3,(H,26,29);6-13,21H,3-5,14-16H2,1-2H3,(H,25,28);5-8H,2-4,9-10H2,1H3,(H,15,16). The molecule has 0 radical (unpaired) electrons.